The number of hydrogen-bond donors (Lipinski definition) is 2. The Balaban J connectivity index is 1.54. The van der Waals surface area contributed by atoms with Crippen molar-refractivity contribution in [2.75, 3.05) is 6.61 Å². The largest absolute Gasteiger partial charge is 0.441 e. The minimum absolute atomic E-state index is 0.00982. The monoisotopic (exact) mass is 314 g/mol. The molecule has 0 atom stereocenters. The summed E-state index contributed by atoms with van der Waals surface area (Å²) in [6.07, 6.45) is 6.28. The van der Waals surface area contributed by atoms with Crippen molar-refractivity contribution >= 4 is 5.91 Å². The van der Waals surface area contributed by atoms with Gasteiger partial charge in [0.05, 0.1) is 18.3 Å². The highest BCUT2D eigenvalue weighted by atomic mass is 16.4. The van der Waals surface area contributed by atoms with Gasteiger partial charge in [-0.15, -0.1) is 0 Å². The van der Waals surface area contributed by atoms with Crippen molar-refractivity contribution in [1.82, 2.24) is 10.3 Å². The molecular weight excluding hydrogens is 292 g/mol. The van der Waals surface area contributed by atoms with Crippen molar-refractivity contribution in [3.05, 3.63) is 42.4 Å². The van der Waals surface area contributed by atoms with Crippen LogP contribution in [0, 0.1) is 0 Å². The predicted octanol–water partition coefficient (Wildman–Crippen LogP) is 2.70. The molecule has 1 fully saturated rings. The number of carbonyl (C=O) groups is 1. The number of aryl methyl sites for hydroxylation is 1. The van der Waals surface area contributed by atoms with E-state index in [1.807, 2.05) is 30.3 Å². The number of rotatable bonds is 6. The van der Waals surface area contributed by atoms with E-state index in [2.05, 4.69) is 10.3 Å². The van der Waals surface area contributed by atoms with Crippen molar-refractivity contribution < 1.29 is 14.3 Å². The fourth-order valence-electron chi connectivity index (χ4n) is 3.11. The Labute approximate surface area is 135 Å². The number of amides is 1. The van der Waals surface area contributed by atoms with E-state index in [1.165, 1.54) is 0 Å². The zero-order chi connectivity index (χ0) is 16.1. The molecule has 1 aliphatic carbocycles. The third-order valence-corrected chi connectivity index (χ3v) is 4.45. The smallest absolute Gasteiger partial charge is 0.221 e. The van der Waals surface area contributed by atoms with Crippen LogP contribution in [0.1, 0.15) is 38.0 Å². The van der Waals surface area contributed by atoms with E-state index >= 15 is 0 Å². The van der Waals surface area contributed by atoms with Crippen molar-refractivity contribution in [1.29, 1.82) is 0 Å². The maximum atomic E-state index is 12.1. The Morgan fingerprint density at radius 1 is 1.26 bits per heavy atom. The summed E-state index contributed by atoms with van der Waals surface area (Å²) in [6, 6.07) is 9.76. The molecule has 23 heavy (non-hydrogen) atoms. The second-order valence-electron chi connectivity index (χ2n) is 6.18. The van der Waals surface area contributed by atoms with E-state index in [9.17, 15) is 9.90 Å². The van der Waals surface area contributed by atoms with Crippen molar-refractivity contribution in [3.8, 4) is 11.3 Å². The number of nitrogens with zero attached hydrogens (tertiary/aromatic N) is 1. The van der Waals surface area contributed by atoms with E-state index in [0.717, 1.165) is 31.2 Å². The molecular formula is C18H22N2O3. The van der Waals surface area contributed by atoms with Gasteiger partial charge >= 0.3 is 0 Å². The predicted molar refractivity (Wildman–Crippen MR) is 86.7 cm³/mol. The van der Waals surface area contributed by atoms with Gasteiger partial charge in [0.2, 0.25) is 5.91 Å². The van der Waals surface area contributed by atoms with Crippen molar-refractivity contribution in [2.24, 2.45) is 0 Å². The molecule has 0 unspecified atom stereocenters. The molecule has 0 spiro atoms. The number of aliphatic hydroxyl groups is 1. The Morgan fingerprint density at radius 3 is 2.70 bits per heavy atom. The maximum absolute atomic E-state index is 12.1. The average Bonchev–Trinajstić information content (AvgIpc) is 3.24. The van der Waals surface area contributed by atoms with Crippen molar-refractivity contribution in [3.63, 3.8) is 0 Å². The van der Waals surface area contributed by atoms with Crippen LogP contribution in [0.15, 0.2) is 40.9 Å². The Hall–Kier alpha value is -2.14. The second-order valence-corrected chi connectivity index (χ2v) is 6.18. The third-order valence-electron chi connectivity index (χ3n) is 4.45. The van der Waals surface area contributed by atoms with E-state index in [1.54, 1.807) is 6.20 Å². The molecule has 122 valence electrons. The maximum Gasteiger partial charge on any atom is 0.221 e. The van der Waals surface area contributed by atoms with Crippen LogP contribution in [0.3, 0.4) is 0 Å². The van der Waals surface area contributed by atoms with Crippen LogP contribution in [-0.4, -0.2) is 28.1 Å². The molecule has 1 saturated carbocycles. The zero-order valence-corrected chi connectivity index (χ0v) is 13.1. The molecule has 2 aromatic rings. The first-order valence-corrected chi connectivity index (χ1v) is 8.13. The van der Waals surface area contributed by atoms with Gasteiger partial charge in [-0.25, -0.2) is 4.98 Å². The van der Waals surface area contributed by atoms with Crippen LogP contribution >= 0.6 is 0 Å². The van der Waals surface area contributed by atoms with Crippen LogP contribution in [0.5, 0.6) is 0 Å². The van der Waals surface area contributed by atoms with Crippen LogP contribution in [0.25, 0.3) is 11.3 Å². The number of nitrogens with one attached hydrogen (secondary N) is 1. The van der Waals surface area contributed by atoms with Gasteiger partial charge in [0, 0.05) is 18.4 Å². The standard InChI is InChI=1S/C18H22N2O3/c21-13-18(10-4-5-11-18)20-16(22)8-9-17-19-12-15(23-17)14-6-2-1-3-7-14/h1-3,6-7,12,21H,4-5,8-11,13H2,(H,20,22). The molecule has 0 aliphatic heterocycles. The molecule has 5 nitrogen and oxygen atoms in total. The molecule has 1 aromatic carbocycles. The minimum Gasteiger partial charge on any atom is -0.441 e. The van der Waals surface area contributed by atoms with Gasteiger partial charge in [0.15, 0.2) is 11.7 Å². The minimum atomic E-state index is -0.414. The topological polar surface area (TPSA) is 75.4 Å². The molecule has 0 saturated heterocycles. The highest BCUT2D eigenvalue weighted by Crippen LogP contribution is 2.29. The molecule has 1 aliphatic rings. The summed E-state index contributed by atoms with van der Waals surface area (Å²) in [5, 5.41) is 12.5. The summed E-state index contributed by atoms with van der Waals surface area (Å²) in [6.45, 7) is 0.00982. The van der Waals surface area contributed by atoms with Gasteiger partial charge in [-0.05, 0) is 12.8 Å². The molecule has 3 rings (SSSR count). The first-order valence-electron chi connectivity index (χ1n) is 8.13. The first-order chi connectivity index (χ1) is 11.2. The molecule has 1 aromatic heterocycles. The lowest BCUT2D eigenvalue weighted by Gasteiger charge is -2.27. The van der Waals surface area contributed by atoms with Crippen LogP contribution in [0.2, 0.25) is 0 Å². The van der Waals surface area contributed by atoms with Gasteiger partial charge < -0.3 is 14.8 Å². The molecule has 5 heteroatoms. The number of carbonyl (C=O) groups excluding carboxylic acids is 1. The summed E-state index contributed by atoms with van der Waals surface area (Å²) in [4.78, 5) is 16.4. The van der Waals surface area contributed by atoms with Gasteiger partial charge in [-0.3, -0.25) is 4.79 Å². The summed E-state index contributed by atoms with van der Waals surface area (Å²) >= 11 is 0. The lowest BCUT2D eigenvalue weighted by atomic mass is 9.98. The first kappa shape index (κ1) is 15.7. The van der Waals surface area contributed by atoms with Gasteiger partial charge in [-0.2, -0.15) is 0 Å². The number of hydrogen-bond acceptors (Lipinski definition) is 4. The number of oxazole rings is 1. The van der Waals surface area contributed by atoms with E-state index in [4.69, 9.17) is 4.42 Å². The Bertz CT molecular complexity index is 645. The fourth-order valence-corrected chi connectivity index (χ4v) is 3.11. The molecule has 1 heterocycles. The second kappa shape index (κ2) is 6.96. The van der Waals surface area contributed by atoms with E-state index < -0.39 is 5.54 Å². The Kier molecular flexibility index (Phi) is 4.76. The zero-order valence-electron chi connectivity index (χ0n) is 13.1. The number of aliphatic hydroxyl groups excluding tert-OH is 1. The van der Waals surface area contributed by atoms with Crippen LogP contribution < -0.4 is 5.32 Å². The SMILES string of the molecule is O=C(CCc1ncc(-c2ccccc2)o1)NC1(CO)CCCC1. The lowest BCUT2D eigenvalue weighted by molar-refractivity contribution is -0.123. The van der Waals surface area contributed by atoms with Gasteiger partial charge in [0.1, 0.15) is 0 Å². The van der Waals surface area contributed by atoms with E-state index in [0.29, 0.717) is 24.5 Å². The van der Waals surface area contributed by atoms with Gasteiger partial charge in [0.25, 0.3) is 0 Å². The summed E-state index contributed by atoms with van der Waals surface area (Å²) < 4.78 is 5.70. The van der Waals surface area contributed by atoms with Crippen LogP contribution in [0.4, 0.5) is 0 Å². The number of benzene rings is 1. The lowest BCUT2D eigenvalue weighted by Crippen LogP contribution is -2.49. The van der Waals surface area contributed by atoms with Gasteiger partial charge in [-0.1, -0.05) is 43.2 Å². The summed E-state index contributed by atoms with van der Waals surface area (Å²) in [5.74, 6) is 1.22. The number of aromatic nitrogens is 1. The Morgan fingerprint density at radius 2 is 2.00 bits per heavy atom. The highest BCUT2D eigenvalue weighted by molar-refractivity contribution is 5.77. The molecule has 0 radical (unpaired) electrons. The van der Waals surface area contributed by atoms with Crippen LogP contribution in [-0.2, 0) is 11.2 Å². The average molecular weight is 314 g/mol. The summed E-state index contributed by atoms with van der Waals surface area (Å²) in [7, 11) is 0. The molecule has 0 bridgehead atoms. The normalized spacial score (nSPS) is 16.4. The molecule has 2 N–H and O–H groups in total. The molecule has 1 amide bonds. The van der Waals surface area contributed by atoms with E-state index in [-0.39, 0.29) is 12.5 Å². The summed E-state index contributed by atoms with van der Waals surface area (Å²) in [5.41, 5.74) is 0.559. The highest BCUT2D eigenvalue weighted by Gasteiger charge is 2.34. The third kappa shape index (κ3) is 3.79. The quantitative estimate of drug-likeness (QED) is 0.859. The van der Waals surface area contributed by atoms with Crippen molar-refractivity contribution in [2.45, 2.75) is 44.1 Å². The fraction of sp³-hybridized carbons (Fsp3) is 0.444.